The van der Waals surface area contributed by atoms with E-state index in [9.17, 15) is 18.5 Å². The largest absolute Gasteiger partial charge is 0.278 e. The molecule has 0 unspecified atom stereocenters. The smallest absolute Gasteiger partial charge is 0.269 e. The van der Waals surface area contributed by atoms with Crippen LogP contribution in [0.1, 0.15) is 10.4 Å². The molecular formula is C12H12N2O4S2. The van der Waals surface area contributed by atoms with Gasteiger partial charge in [-0.15, -0.1) is 11.3 Å². The summed E-state index contributed by atoms with van der Waals surface area (Å²) in [6.07, 6.45) is 0. The van der Waals surface area contributed by atoms with E-state index in [1.807, 2.05) is 19.2 Å². The summed E-state index contributed by atoms with van der Waals surface area (Å²) in [7, 11) is -3.74. The highest BCUT2D eigenvalue weighted by Gasteiger charge is 2.18. The molecule has 0 bridgehead atoms. The monoisotopic (exact) mass is 312 g/mol. The summed E-state index contributed by atoms with van der Waals surface area (Å²) >= 11 is 1.46. The van der Waals surface area contributed by atoms with Crippen LogP contribution in [-0.4, -0.2) is 13.3 Å². The lowest BCUT2D eigenvalue weighted by molar-refractivity contribution is -0.384. The summed E-state index contributed by atoms with van der Waals surface area (Å²) in [5.74, 6) is 0. The molecule has 20 heavy (non-hydrogen) atoms. The SMILES string of the molecule is Cc1csc(C)c1NS(=O)(=O)c1ccc([N+](=O)[O-])cc1. The molecule has 0 fully saturated rings. The molecule has 1 aromatic heterocycles. The number of hydrogen-bond donors (Lipinski definition) is 1. The molecule has 8 heteroatoms. The summed E-state index contributed by atoms with van der Waals surface area (Å²) in [5.41, 5.74) is 1.26. The third kappa shape index (κ3) is 2.81. The lowest BCUT2D eigenvalue weighted by atomic mass is 10.3. The number of anilines is 1. The van der Waals surface area contributed by atoms with Gasteiger partial charge in [-0.3, -0.25) is 14.8 Å². The van der Waals surface area contributed by atoms with Crippen molar-refractivity contribution in [1.29, 1.82) is 0 Å². The van der Waals surface area contributed by atoms with E-state index in [4.69, 9.17) is 0 Å². The van der Waals surface area contributed by atoms with Crippen molar-refractivity contribution < 1.29 is 13.3 Å². The van der Waals surface area contributed by atoms with Crippen molar-refractivity contribution in [2.24, 2.45) is 0 Å². The maximum absolute atomic E-state index is 12.2. The Morgan fingerprint density at radius 2 is 1.80 bits per heavy atom. The number of hydrogen-bond acceptors (Lipinski definition) is 5. The van der Waals surface area contributed by atoms with Crippen LogP contribution in [0.3, 0.4) is 0 Å². The fourth-order valence-electron chi connectivity index (χ4n) is 1.66. The molecule has 1 N–H and O–H groups in total. The average molecular weight is 312 g/mol. The zero-order valence-corrected chi connectivity index (χ0v) is 12.4. The summed E-state index contributed by atoms with van der Waals surface area (Å²) in [6, 6.07) is 4.78. The van der Waals surface area contributed by atoms with Gasteiger partial charge in [-0.25, -0.2) is 8.42 Å². The first-order valence-electron chi connectivity index (χ1n) is 5.63. The van der Waals surface area contributed by atoms with Crippen molar-refractivity contribution in [3.8, 4) is 0 Å². The molecule has 2 rings (SSSR count). The van der Waals surface area contributed by atoms with Crippen molar-refractivity contribution in [3.63, 3.8) is 0 Å². The number of non-ortho nitro benzene ring substituents is 1. The predicted molar refractivity (Wildman–Crippen MR) is 77.7 cm³/mol. The van der Waals surface area contributed by atoms with E-state index in [1.165, 1.54) is 35.6 Å². The molecule has 0 aliphatic heterocycles. The Balaban J connectivity index is 2.33. The minimum absolute atomic E-state index is 0.00639. The summed E-state index contributed by atoms with van der Waals surface area (Å²) in [6.45, 7) is 3.64. The van der Waals surface area contributed by atoms with Crippen molar-refractivity contribution >= 4 is 32.7 Å². The van der Waals surface area contributed by atoms with Gasteiger partial charge >= 0.3 is 0 Å². The van der Waals surface area contributed by atoms with Gasteiger partial charge in [-0.1, -0.05) is 0 Å². The molecule has 0 radical (unpaired) electrons. The highest BCUT2D eigenvalue weighted by molar-refractivity contribution is 7.92. The van der Waals surface area contributed by atoms with E-state index >= 15 is 0 Å². The number of nitro groups is 1. The van der Waals surface area contributed by atoms with E-state index in [-0.39, 0.29) is 10.6 Å². The lowest BCUT2D eigenvalue weighted by Crippen LogP contribution is -2.13. The fourth-order valence-corrected chi connectivity index (χ4v) is 3.73. The lowest BCUT2D eigenvalue weighted by Gasteiger charge is -2.08. The number of benzene rings is 1. The molecule has 1 aromatic carbocycles. The minimum atomic E-state index is -3.74. The topological polar surface area (TPSA) is 89.3 Å². The molecule has 1 heterocycles. The molecule has 0 aliphatic rings. The van der Waals surface area contributed by atoms with Gasteiger partial charge < -0.3 is 0 Å². The first kappa shape index (κ1) is 14.5. The average Bonchev–Trinajstić information content (AvgIpc) is 2.70. The number of nitro benzene ring substituents is 1. The van der Waals surface area contributed by atoms with E-state index in [0.717, 1.165) is 10.4 Å². The van der Waals surface area contributed by atoms with E-state index < -0.39 is 14.9 Å². The molecule has 2 aromatic rings. The van der Waals surface area contributed by atoms with Crippen LogP contribution in [-0.2, 0) is 10.0 Å². The van der Waals surface area contributed by atoms with Gasteiger partial charge in [-0.2, -0.15) is 0 Å². The van der Waals surface area contributed by atoms with Crippen LogP contribution in [0, 0.1) is 24.0 Å². The third-order valence-corrected chi connectivity index (χ3v) is 5.15. The highest BCUT2D eigenvalue weighted by Crippen LogP contribution is 2.29. The Bertz CT molecular complexity index is 729. The van der Waals surface area contributed by atoms with E-state index in [0.29, 0.717) is 5.69 Å². The second kappa shape index (κ2) is 5.22. The maximum Gasteiger partial charge on any atom is 0.269 e. The van der Waals surface area contributed by atoms with Crippen LogP contribution >= 0.6 is 11.3 Å². The molecule has 0 saturated heterocycles. The molecule has 0 aliphatic carbocycles. The van der Waals surface area contributed by atoms with E-state index in [2.05, 4.69) is 4.72 Å². The molecule has 0 amide bonds. The van der Waals surface area contributed by atoms with Crippen LogP contribution in [0.4, 0.5) is 11.4 Å². The van der Waals surface area contributed by atoms with Crippen LogP contribution in [0.25, 0.3) is 0 Å². The van der Waals surface area contributed by atoms with Gasteiger partial charge in [0.1, 0.15) is 0 Å². The van der Waals surface area contributed by atoms with Gasteiger partial charge in [0.05, 0.1) is 15.5 Å². The van der Waals surface area contributed by atoms with Crippen molar-refractivity contribution in [3.05, 3.63) is 50.2 Å². The summed E-state index contributed by atoms with van der Waals surface area (Å²) in [5, 5.41) is 12.4. The normalized spacial score (nSPS) is 11.3. The zero-order chi connectivity index (χ0) is 14.9. The molecule has 0 spiro atoms. The van der Waals surface area contributed by atoms with Crippen molar-refractivity contribution in [1.82, 2.24) is 0 Å². The second-order valence-corrected chi connectivity index (χ2v) is 6.97. The Hall–Kier alpha value is -1.93. The van der Waals surface area contributed by atoms with Gasteiger partial charge in [0.2, 0.25) is 0 Å². The summed E-state index contributed by atoms with van der Waals surface area (Å²) < 4.78 is 26.9. The minimum Gasteiger partial charge on any atom is -0.278 e. The molecule has 106 valence electrons. The quantitative estimate of drug-likeness (QED) is 0.694. The number of thiophene rings is 1. The Morgan fingerprint density at radius 3 is 2.25 bits per heavy atom. The first-order chi connectivity index (χ1) is 9.31. The van der Waals surface area contributed by atoms with Gasteiger partial charge in [0, 0.05) is 17.0 Å². The standard InChI is InChI=1S/C12H12N2O4S2/c1-8-7-19-9(2)12(8)13-20(17,18)11-5-3-10(4-6-11)14(15)16/h3-7,13H,1-2H3. The number of nitrogens with one attached hydrogen (secondary N) is 1. The van der Waals surface area contributed by atoms with Crippen molar-refractivity contribution in [2.45, 2.75) is 18.7 Å². The summed E-state index contributed by atoms with van der Waals surface area (Å²) in [4.78, 5) is 10.8. The third-order valence-electron chi connectivity index (χ3n) is 2.75. The van der Waals surface area contributed by atoms with Crippen molar-refractivity contribution in [2.75, 3.05) is 4.72 Å². The second-order valence-electron chi connectivity index (χ2n) is 4.21. The molecular weight excluding hydrogens is 300 g/mol. The highest BCUT2D eigenvalue weighted by atomic mass is 32.2. The van der Waals surface area contributed by atoms with Crippen LogP contribution < -0.4 is 4.72 Å². The maximum atomic E-state index is 12.2. The number of sulfonamides is 1. The van der Waals surface area contributed by atoms with Crippen LogP contribution in [0.5, 0.6) is 0 Å². The Kier molecular flexibility index (Phi) is 3.78. The molecule has 6 nitrogen and oxygen atoms in total. The molecule has 0 saturated carbocycles. The first-order valence-corrected chi connectivity index (χ1v) is 7.99. The number of nitrogens with zero attached hydrogens (tertiary/aromatic N) is 1. The Morgan fingerprint density at radius 1 is 1.20 bits per heavy atom. The molecule has 0 atom stereocenters. The predicted octanol–water partition coefficient (Wildman–Crippen LogP) is 3.07. The van der Waals surface area contributed by atoms with Gasteiger partial charge in [0.15, 0.2) is 0 Å². The van der Waals surface area contributed by atoms with Gasteiger partial charge in [-0.05, 0) is 36.9 Å². The van der Waals surface area contributed by atoms with Crippen LogP contribution in [0.15, 0.2) is 34.5 Å². The van der Waals surface area contributed by atoms with E-state index in [1.54, 1.807) is 0 Å². The van der Waals surface area contributed by atoms with Gasteiger partial charge in [0.25, 0.3) is 15.7 Å². The fraction of sp³-hybridized carbons (Fsp3) is 0.167. The van der Waals surface area contributed by atoms with Crippen LogP contribution in [0.2, 0.25) is 0 Å². The Labute approximate surface area is 120 Å². The zero-order valence-electron chi connectivity index (χ0n) is 10.8. The number of rotatable bonds is 4. The number of aryl methyl sites for hydroxylation is 2.